The van der Waals surface area contributed by atoms with Crippen molar-refractivity contribution in [2.75, 3.05) is 6.61 Å². The Bertz CT molecular complexity index is 566. The Hall–Kier alpha value is -1.83. The predicted molar refractivity (Wildman–Crippen MR) is 51.8 cm³/mol. The lowest BCUT2D eigenvalue weighted by Gasteiger charge is -2.22. The Morgan fingerprint density at radius 3 is 1.95 bits per heavy atom. The van der Waals surface area contributed by atoms with Gasteiger partial charge in [-0.05, 0) is 0 Å². The fraction of sp³-hybridized carbons (Fsp3) is 0.500. The summed E-state index contributed by atoms with van der Waals surface area (Å²) in [5, 5.41) is -5.22. The molecule has 0 aliphatic rings. The quantitative estimate of drug-likeness (QED) is 0.296. The summed E-state index contributed by atoms with van der Waals surface area (Å²) in [7, 11) is -6.32. The molecule has 0 radical (unpaired) electrons. The van der Waals surface area contributed by atoms with E-state index in [0.29, 0.717) is 0 Å². The molecule has 0 N–H and O–H groups in total. The van der Waals surface area contributed by atoms with Crippen LogP contribution in [-0.2, 0) is 29.2 Å². The van der Waals surface area contributed by atoms with Gasteiger partial charge < -0.3 is 14.0 Å². The summed E-state index contributed by atoms with van der Waals surface area (Å²) in [5.74, 6) is -7.05. The average molecular weight is 359 g/mol. The molecule has 0 aromatic carbocycles. The first kappa shape index (κ1) is 20.2. The Morgan fingerprint density at radius 1 is 1.18 bits per heavy atom. The van der Waals surface area contributed by atoms with Gasteiger partial charge in [0.2, 0.25) is 5.83 Å². The molecule has 14 heteroatoms. The van der Waals surface area contributed by atoms with Crippen LogP contribution < -0.4 is 0 Å². The van der Waals surface area contributed by atoms with E-state index in [9.17, 15) is 48.9 Å². The van der Waals surface area contributed by atoms with Gasteiger partial charge in [-0.15, -0.1) is 0 Å². The highest BCUT2D eigenvalue weighted by Crippen LogP contribution is 2.26. The van der Waals surface area contributed by atoms with E-state index in [4.69, 9.17) is 0 Å². The largest absolute Gasteiger partial charge is 0.743 e. The summed E-state index contributed by atoms with van der Waals surface area (Å²) in [4.78, 5) is 21.5. The molecule has 0 spiro atoms. The zero-order chi connectivity index (χ0) is 17.9. The molecule has 0 aliphatic heterocycles. The van der Waals surface area contributed by atoms with Crippen molar-refractivity contribution in [2.45, 2.75) is 17.5 Å². The molecule has 0 amide bonds. The van der Waals surface area contributed by atoms with Gasteiger partial charge in [-0.2, -0.15) is 26.3 Å². The van der Waals surface area contributed by atoms with Crippen LogP contribution in [0.25, 0.3) is 0 Å². The van der Waals surface area contributed by atoms with Crippen molar-refractivity contribution in [1.29, 1.82) is 0 Å². The van der Waals surface area contributed by atoms with Gasteiger partial charge in [0, 0.05) is 0 Å². The number of rotatable bonds is 6. The van der Waals surface area contributed by atoms with Crippen molar-refractivity contribution >= 4 is 22.1 Å². The summed E-state index contributed by atoms with van der Waals surface area (Å²) in [5.41, 5.74) is 0. The third kappa shape index (κ3) is 5.51. The molecular formula is C8H5F6O7S-. The summed E-state index contributed by atoms with van der Waals surface area (Å²) in [6.07, 6.45) is -9.51. The molecule has 1 atom stereocenters. The lowest BCUT2D eigenvalue weighted by atomic mass is 10.3. The number of hydrogen-bond acceptors (Lipinski definition) is 7. The molecule has 0 aromatic rings. The normalized spacial score (nSPS) is 14.1. The van der Waals surface area contributed by atoms with Crippen molar-refractivity contribution in [3.8, 4) is 0 Å². The molecule has 0 aromatic heterocycles. The number of esters is 2. The molecule has 1 unspecified atom stereocenters. The second-order valence-corrected chi connectivity index (χ2v) is 4.94. The highest BCUT2D eigenvalue weighted by Gasteiger charge is 2.51. The van der Waals surface area contributed by atoms with Gasteiger partial charge in [0.05, 0.1) is 0 Å². The fourth-order valence-electron chi connectivity index (χ4n) is 0.723. The number of halogens is 6. The van der Waals surface area contributed by atoms with Crippen molar-refractivity contribution in [3.05, 3.63) is 12.4 Å². The van der Waals surface area contributed by atoms with E-state index in [0.717, 1.165) is 0 Å². The summed E-state index contributed by atoms with van der Waals surface area (Å²) < 4.78 is 111. The maximum atomic E-state index is 12.6. The van der Waals surface area contributed by atoms with Gasteiger partial charge in [0.25, 0.3) is 6.10 Å². The maximum absolute atomic E-state index is 12.6. The monoisotopic (exact) mass is 359 g/mol. The van der Waals surface area contributed by atoms with Crippen molar-refractivity contribution in [1.82, 2.24) is 0 Å². The van der Waals surface area contributed by atoms with Crippen LogP contribution in [0.5, 0.6) is 0 Å². The minimum atomic E-state index is -6.32. The lowest BCUT2D eigenvalue weighted by Crippen LogP contribution is -2.44. The number of ether oxygens (including phenoxy) is 2. The van der Waals surface area contributed by atoms with E-state index in [1.807, 2.05) is 0 Å². The number of hydrogen-bond donors (Lipinski definition) is 0. The fourth-order valence-corrected chi connectivity index (χ4v) is 0.926. The van der Waals surface area contributed by atoms with Gasteiger partial charge in [-0.1, -0.05) is 6.58 Å². The zero-order valence-corrected chi connectivity index (χ0v) is 10.8. The van der Waals surface area contributed by atoms with Gasteiger partial charge >= 0.3 is 23.4 Å². The van der Waals surface area contributed by atoms with Crippen molar-refractivity contribution < 1.29 is 58.4 Å². The van der Waals surface area contributed by atoms with Crippen LogP contribution in [0, 0.1) is 0 Å². The van der Waals surface area contributed by atoms with Crippen LogP contribution in [0.15, 0.2) is 12.4 Å². The predicted octanol–water partition coefficient (Wildman–Crippen LogP) is 0.625. The third-order valence-corrected chi connectivity index (χ3v) is 2.56. The van der Waals surface area contributed by atoms with E-state index in [2.05, 4.69) is 16.1 Å². The van der Waals surface area contributed by atoms with E-state index in [1.54, 1.807) is 0 Å². The first-order valence-corrected chi connectivity index (χ1v) is 6.12. The van der Waals surface area contributed by atoms with E-state index in [1.165, 1.54) is 0 Å². The Balaban J connectivity index is 5.10. The molecule has 0 bridgehead atoms. The van der Waals surface area contributed by atoms with Gasteiger partial charge in [0.15, 0.2) is 16.7 Å². The van der Waals surface area contributed by atoms with Crippen LogP contribution in [0.3, 0.4) is 0 Å². The van der Waals surface area contributed by atoms with Crippen molar-refractivity contribution in [3.63, 3.8) is 0 Å². The number of carbonyl (C=O) groups excluding carboxylic acids is 2. The average Bonchev–Trinajstić information content (AvgIpc) is 2.29. The topological polar surface area (TPSA) is 110 Å². The Labute approximate surface area is 118 Å². The smallest absolute Gasteiger partial charge is 0.436 e. The second-order valence-electron chi connectivity index (χ2n) is 3.43. The Kier molecular flexibility index (Phi) is 5.97. The molecule has 0 fully saturated rings. The molecule has 0 saturated carbocycles. The summed E-state index contributed by atoms with van der Waals surface area (Å²) in [6, 6.07) is 0. The Morgan fingerprint density at radius 2 is 1.64 bits per heavy atom. The first-order valence-electron chi connectivity index (χ1n) is 4.71. The van der Waals surface area contributed by atoms with E-state index >= 15 is 0 Å². The SMILES string of the molecule is C=C(F)C(=O)OC(C(=O)OCC(F)(F)S(=O)(=O)[O-])C(F)(F)F. The number of alkyl halides is 5. The highest BCUT2D eigenvalue weighted by molar-refractivity contribution is 7.86. The van der Waals surface area contributed by atoms with Gasteiger partial charge in [0.1, 0.15) is 0 Å². The highest BCUT2D eigenvalue weighted by atomic mass is 32.2. The first-order chi connectivity index (χ1) is 9.59. The molecule has 0 rings (SSSR count). The van der Waals surface area contributed by atoms with Gasteiger partial charge in [-0.25, -0.2) is 18.0 Å². The maximum Gasteiger partial charge on any atom is 0.436 e. The van der Waals surface area contributed by atoms with Crippen LogP contribution in [0.1, 0.15) is 0 Å². The van der Waals surface area contributed by atoms with E-state index < -0.39 is 52.0 Å². The molecule has 128 valence electrons. The third-order valence-electron chi connectivity index (χ3n) is 1.71. The minimum absolute atomic E-state index is 2.03. The standard InChI is InChI=1S/C8H6F6O7S/c1-3(9)5(15)21-4(8(12,13)14)6(16)20-2-7(10,11)22(17,18)19/h4H,1-2H2,(H,17,18,19)/p-1. The minimum Gasteiger partial charge on any atom is -0.743 e. The van der Waals surface area contributed by atoms with Crippen LogP contribution in [0.2, 0.25) is 0 Å². The molecular weight excluding hydrogens is 354 g/mol. The molecule has 0 saturated heterocycles. The van der Waals surface area contributed by atoms with Crippen LogP contribution in [0.4, 0.5) is 26.3 Å². The van der Waals surface area contributed by atoms with E-state index in [-0.39, 0.29) is 0 Å². The van der Waals surface area contributed by atoms with Crippen LogP contribution >= 0.6 is 0 Å². The summed E-state index contributed by atoms with van der Waals surface area (Å²) in [6.45, 7) is -0.291. The van der Waals surface area contributed by atoms with Gasteiger partial charge in [-0.3, -0.25) is 0 Å². The zero-order valence-electron chi connectivity index (χ0n) is 10.0. The summed E-state index contributed by atoms with van der Waals surface area (Å²) >= 11 is 0. The number of carbonyl (C=O) groups is 2. The van der Waals surface area contributed by atoms with Crippen molar-refractivity contribution in [2.24, 2.45) is 0 Å². The lowest BCUT2D eigenvalue weighted by molar-refractivity contribution is -0.230. The molecule has 7 nitrogen and oxygen atoms in total. The van der Waals surface area contributed by atoms with Crippen LogP contribution in [-0.4, -0.2) is 49.1 Å². The second kappa shape index (κ2) is 6.51. The molecule has 0 aliphatic carbocycles. The molecule has 0 heterocycles. The molecule has 22 heavy (non-hydrogen) atoms.